The Kier molecular flexibility index (Phi) is 4.55. The van der Waals surface area contributed by atoms with E-state index in [2.05, 4.69) is 36.5 Å². The first-order valence-corrected chi connectivity index (χ1v) is 7.68. The van der Waals surface area contributed by atoms with Gasteiger partial charge in [-0.05, 0) is 24.6 Å². The van der Waals surface area contributed by atoms with E-state index in [1.54, 1.807) is 23.5 Å². The fourth-order valence-electron chi connectivity index (χ4n) is 1.87. The van der Waals surface area contributed by atoms with Crippen molar-refractivity contribution < 1.29 is 4.39 Å². The van der Waals surface area contributed by atoms with E-state index < -0.39 is 0 Å². The van der Waals surface area contributed by atoms with Crippen LogP contribution >= 0.6 is 11.3 Å². The van der Waals surface area contributed by atoms with Gasteiger partial charge in [-0.25, -0.2) is 9.37 Å². The Labute approximate surface area is 124 Å². The number of thiazole rings is 1. The van der Waals surface area contributed by atoms with Crippen molar-refractivity contribution in [1.29, 1.82) is 0 Å². The SMILES string of the molecule is C[C@H](NCc1nc(C(C)(C)C)cs1)c1cccc(F)c1. The van der Waals surface area contributed by atoms with Gasteiger partial charge in [0.05, 0.1) is 5.69 Å². The van der Waals surface area contributed by atoms with Crippen LogP contribution in [0.15, 0.2) is 29.6 Å². The lowest BCUT2D eigenvalue weighted by molar-refractivity contribution is 0.550. The van der Waals surface area contributed by atoms with Crippen molar-refractivity contribution in [3.05, 3.63) is 51.7 Å². The van der Waals surface area contributed by atoms with Crippen molar-refractivity contribution in [1.82, 2.24) is 10.3 Å². The summed E-state index contributed by atoms with van der Waals surface area (Å²) in [6, 6.07) is 6.81. The lowest BCUT2D eigenvalue weighted by Crippen LogP contribution is -2.18. The summed E-state index contributed by atoms with van der Waals surface area (Å²) in [5.41, 5.74) is 2.17. The normalized spacial score (nSPS) is 13.4. The van der Waals surface area contributed by atoms with E-state index in [-0.39, 0.29) is 17.3 Å². The second kappa shape index (κ2) is 6.02. The molecule has 0 aliphatic carbocycles. The first kappa shape index (κ1) is 15.1. The van der Waals surface area contributed by atoms with E-state index in [1.165, 1.54) is 6.07 Å². The Balaban J connectivity index is 1.97. The molecule has 0 spiro atoms. The van der Waals surface area contributed by atoms with Crippen LogP contribution in [-0.2, 0) is 12.0 Å². The molecule has 2 aromatic rings. The number of nitrogens with one attached hydrogen (secondary N) is 1. The molecule has 0 aliphatic rings. The summed E-state index contributed by atoms with van der Waals surface area (Å²) in [6.45, 7) is 9.23. The molecular formula is C16H21FN2S. The van der Waals surface area contributed by atoms with Crippen molar-refractivity contribution in [2.45, 2.75) is 45.7 Å². The number of hydrogen-bond acceptors (Lipinski definition) is 3. The Morgan fingerprint density at radius 3 is 2.70 bits per heavy atom. The molecule has 2 nitrogen and oxygen atoms in total. The molecule has 0 radical (unpaired) electrons. The smallest absolute Gasteiger partial charge is 0.123 e. The zero-order valence-electron chi connectivity index (χ0n) is 12.4. The lowest BCUT2D eigenvalue weighted by Gasteiger charge is -2.15. The number of hydrogen-bond donors (Lipinski definition) is 1. The molecule has 0 unspecified atom stereocenters. The van der Waals surface area contributed by atoms with Gasteiger partial charge in [-0.15, -0.1) is 11.3 Å². The second-order valence-corrected chi connectivity index (χ2v) is 6.98. The van der Waals surface area contributed by atoms with E-state index in [1.807, 2.05) is 13.0 Å². The summed E-state index contributed by atoms with van der Waals surface area (Å²) in [7, 11) is 0. The molecule has 1 aromatic carbocycles. The third-order valence-corrected chi connectivity index (χ3v) is 4.08. The molecule has 0 aliphatic heterocycles. The molecule has 108 valence electrons. The zero-order chi connectivity index (χ0) is 14.8. The maximum atomic E-state index is 13.2. The molecule has 20 heavy (non-hydrogen) atoms. The summed E-state index contributed by atoms with van der Waals surface area (Å²) < 4.78 is 13.2. The van der Waals surface area contributed by atoms with Crippen LogP contribution in [0.3, 0.4) is 0 Å². The van der Waals surface area contributed by atoms with E-state index in [9.17, 15) is 4.39 Å². The van der Waals surface area contributed by atoms with Gasteiger partial charge >= 0.3 is 0 Å². The van der Waals surface area contributed by atoms with Crippen molar-refractivity contribution in [3.8, 4) is 0 Å². The molecule has 2 rings (SSSR count). The quantitative estimate of drug-likeness (QED) is 0.901. The summed E-state index contributed by atoms with van der Waals surface area (Å²) in [5, 5.41) is 6.57. The third-order valence-electron chi connectivity index (χ3n) is 3.23. The summed E-state index contributed by atoms with van der Waals surface area (Å²) in [5.74, 6) is -0.194. The fourth-order valence-corrected chi connectivity index (χ4v) is 2.84. The summed E-state index contributed by atoms with van der Waals surface area (Å²) >= 11 is 1.67. The Morgan fingerprint density at radius 1 is 1.35 bits per heavy atom. The summed E-state index contributed by atoms with van der Waals surface area (Å²) in [4.78, 5) is 4.65. The first-order chi connectivity index (χ1) is 9.36. The molecule has 0 bridgehead atoms. The van der Waals surface area contributed by atoms with Gasteiger partial charge in [0.15, 0.2) is 0 Å². The standard InChI is InChI=1S/C16H21FN2S/c1-11(12-6-5-7-13(17)8-12)18-9-15-19-14(10-20-15)16(2,3)4/h5-8,10-11,18H,9H2,1-4H3/t11-/m0/s1. The molecule has 0 amide bonds. The number of aromatic nitrogens is 1. The molecule has 4 heteroatoms. The van der Waals surface area contributed by atoms with E-state index in [4.69, 9.17) is 0 Å². The molecule has 1 N–H and O–H groups in total. The number of benzene rings is 1. The Morgan fingerprint density at radius 2 is 2.10 bits per heavy atom. The molecule has 1 heterocycles. The number of rotatable bonds is 4. The molecule has 1 atom stereocenters. The molecule has 0 fully saturated rings. The monoisotopic (exact) mass is 292 g/mol. The van der Waals surface area contributed by atoms with E-state index in [0.717, 1.165) is 16.3 Å². The first-order valence-electron chi connectivity index (χ1n) is 6.80. The van der Waals surface area contributed by atoms with E-state index >= 15 is 0 Å². The zero-order valence-corrected chi connectivity index (χ0v) is 13.2. The minimum Gasteiger partial charge on any atom is -0.304 e. The topological polar surface area (TPSA) is 24.9 Å². The molecular weight excluding hydrogens is 271 g/mol. The average molecular weight is 292 g/mol. The molecule has 0 saturated carbocycles. The largest absolute Gasteiger partial charge is 0.304 e. The highest BCUT2D eigenvalue weighted by molar-refractivity contribution is 7.09. The predicted molar refractivity (Wildman–Crippen MR) is 82.5 cm³/mol. The highest BCUT2D eigenvalue weighted by Gasteiger charge is 2.17. The number of nitrogens with zero attached hydrogens (tertiary/aromatic N) is 1. The summed E-state index contributed by atoms with van der Waals surface area (Å²) in [6.07, 6.45) is 0. The highest BCUT2D eigenvalue weighted by atomic mass is 32.1. The fraction of sp³-hybridized carbons (Fsp3) is 0.438. The highest BCUT2D eigenvalue weighted by Crippen LogP contribution is 2.24. The van der Waals surface area contributed by atoms with Gasteiger partial charge < -0.3 is 5.32 Å². The van der Waals surface area contributed by atoms with Gasteiger partial charge in [-0.3, -0.25) is 0 Å². The van der Waals surface area contributed by atoms with Gasteiger partial charge in [-0.1, -0.05) is 32.9 Å². The van der Waals surface area contributed by atoms with Crippen molar-refractivity contribution >= 4 is 11.3 Å². The van der Waals surface area contributed by atoms with Crippen LogP contribution < -0.4 is 5.32 Å². The third kappa shape index (κ3) is 3.87. The van der Waals surface area contributed by atoms with Crippen LogP contribution in [0.25, 0.3) is 0 Å². The van der Waals surface area contributed by atoms with Gasteiger partial charge in [0.1, 0.15) is 10.8 Å². The van der Waals surface area contributed by atoms with Crippen LogP contribution in [0, 0.1) is 5.82 Å². The van der Waals surface area contributed by atoms with Crippen LogP contribution in [0.5, 0.6) is 0 Å². The maximum absolute atomic E-state index is 13.2. The lowest BCUT2D eigenvalue weighted by atomic mass is 9.93. The predicted octanol–water partition coefficient (Wildman–Crippen LogP) is 4.43. The van der Waals surface area contributed by atoms with Gasteiger partial charge in [0.25, 0.3) is 0 Å². The van der Waals surface area contributed by atoms with Crippen LogP contribution in [0.1, 0.15) is 50.0 Å². The minimum absolute atomic E-state index is 0.0862. The average Bonchev–Trinajstić information content (AvgIpc) is 2.84. The van der Waals surface area contributed by atoms with Crippen LogP contribution in [-0.4, -0.2) is 4.98 Å². The Bertz CT molecular complexity index is 572. The molecule has 1 aromatic heterocycles. The minimum atomic E-state index is -0.194. The van der Waals surface area contributed by atoms with Gasteiger partial charge in [0, 0.05) is 23.4 Å². The van der Waals surface area contributed by atoms with Gasteiger partial charge in [-0.2, -0.15) is 0 Å². The van der Waals surface area contributed by atoms with Crippen molar-refractivity contribution in [2.24, 2.45) is 0 Å². The van der Waals surface area contributed by atoms with Crippen LogP contribution in [0.2, 0.25) is 0 Å². The maximum Gasteiger partial charge on any atom is 0.123 e. The number of halogens is 1. The van der Waals surface area contributed by atoms with Crippen LogP contribution in [0.4, 0.5) is 4.39 Å². The van der Waals surface area contributed by atoms with E-state index in [0.29, 0.717) is 6.54 Å². The van der Waals surface area contributed by atoms with Gasteiger partial charge in [0.2, 0.25) is 0 Å². The second-order valence-electron chi connectivity index (χ2n) is 6.03. The van der Waals surface area contributed by atoms with Crippen molar-refractivity contribution in [3.63, 3.8) is 0 Å². The van der Waals surface area contributed by atoms with Crippen molar-refractivity contribution in [2.75, 3.05) is 0 Å². The Hall–Kier alpha value is -1.26. The molecule has 0 saturated heterocycles.